The molecular formula is C28H34N2O5. The summed E-state index contributed by atoms with van der Waals surface area (Å²) in [4.78, 5) is 38.9. The van der Waals surface area contributed by atoms with Crippen molar-refractivity contribution in [1.82, 2.24) is 10.2 Å². The zero-order chi connectivity index (χ0) is 24.9. The van der Waals surface area contributed by atoms with Crippen LogP contribution in [0.3, 0.4) is 0 Å². The lowest BCUT2D eigenvalue weighted by Gasteiger charge is -2.35. The van der Waals surface area contributed by atoms with E-state index in [0.717, 1.165) is 28.7 Å². The predicted octanol–water partition coefficient (Wildman–Crippen LogP) is 4.65. The van der Waals surface area contributed by atoms with Gasteiger partial charge < -0.3 is 20.1 Å². The van der Waals surface area contributed by atoms with Gasteiger partial charge in [0.1, 0.15) is 12.6 Å². The van der Waals surface area contributed by atoms with Crippen LogP contribution in [0.15, 0.2) is 48.5 Å². The zero-order valence-electron chi connectivity index (χ0n) is 20.4. The number of alkyl carbamates (subject to hydrolysis) is 1. The average Bonchev–Trinajstić information content (AvgIpc) is 3.19. The summed E-state index contributed by atoms with van der Waals surface area (Å²) in [5, 5.41) is 11.9. The lowest BCUT2D eigenvalue weighted by molar-refractivity contribution is -0.139. The number of carboxylic acids is 1. The Morgan fingerprint density at radius 2 is 1.60 bits per heavy atom. The molecule has 0 bridgehead atoms. The van der Waals surface area contributed by atoms with Gasteiger partial charge in [0, 0.05) is 25.4 Å². The number of carboxylic acid groups (broad SMARTS) is 1. The fourth-order valence-electron chi connectivity index (χ4n) is 5.25. The number of aliphatic carboxylic acids is 1. The molecule has 1 aliphatic carbocycles. The molecule has 0 saturated carbocycles. The molecule has 1 aliphatic heterocycles. The Bertz CT molecular complexity index is 1030. The van der Waals surface area contributed by atoms with Crippen LogP contribution < -0.4 is 5.32 Å². The van der Waals surface area contributed by atoms with Crippen LogP contribution >= 0.6 is 0 Å². The Hall–Kier alpha value is -3.35. The first kappa shape index (κ1) is 24.8. The van der Waals surface area contributed by atoms with E-state index in [1.807, 2.05) is 38.1 Å². The minimum absolute atomic E-state index is 0.0424. The van der Waals surface area contributed by atoms with Crippen molar-refractivity contribution in [3.63, 3.8) is 0 Å². The van der Waals surface area contributed by atoms with Gasteiger partial charge in [0.05, 0.1) is 0 Å². The number of fused-ring (bicyclic) bond motifs is 3. The van der Waals surface area contributed by atoms with Crippen LogP contribution in [0.2, 0.25) is 0 Å². The van der Waals surface area contributed by atoms with Gasteiger partial charge in [0.2, 0.25) is 5.91 Å². The van der Waals surface area contributed by atoms with E-state index in [4.69, 9.17) is 9.84 Å². The highest BCUT2D eigenvalue weighted by molar-refractivity contribution is 5.86. The van der Waals surface area contributed by atoms with Crippen LogP contribution in [0, 0.1) is 11.8 Å². The van der Waals surface area contributed by atoms with Crippen LogP contribution in [0.5, 0.6) is 0 Å². The van der Waals surface area contributed by atoms with Gasteiger partial charge in [-0.05, 0) is 46.9 Å². The zero-order valence-corrected chi connectivity index (χ0v) is 20.4. The molecule has 4 rings (SSSR count). The summed E-state index contributed by atoms with van der Waals surface area (Å²) >= 11 is 0. The molecule has 1 heterocycles. The molecule has 2 aliphatic rings. The number of carbonyl (C=O) groups excluding carboxylic acids is 2. The van der Waals surface area contributed by atoms with Crippen LogP contribution in [-0.4, -0.2) is 53.7 Å². The maximum Gasteiger partial charge on any atom is 0.407 e. The number of amides is 2. The number of hydrogen-bond acceptors (Lipinski definition) is 4. The third-order valence-corrected chi connectivity index (χ3v) is 7.49. The molecule has 0 radical (unpaired) electrons. The number of benzene rings is 2. The summed E-state index contributed by atoms with van der Waals surface area (Å²) in [6, 6.07) is 15.7. The standard InChI is InChI=1S/C28H34N2O5/c1-3-18(2)26(27(33)30-14-12-19(13-15-30)16-25(31)32)29-28(34)35-17-24-22-10-6-4-8-20(22)21-9-5-7-11-23(21)24/h4-11,18-19,24,26H,3,12-17H2,1-2H3,(H,29,34)(H,31,32)/t18-,26-/m0/s1. The second-order valence-electron chi connectivity index (χ2n) is 9.70. The normalized spacial score (nSPS) is 17.3. The molecule has 7 nitrogen and oxygen atoms in total. The third-order valence-electron chi connectivity index (χ3n) is 7.49. The average molecular weight is 479 g/mol. The number of nitrogens with one attached hydrogen (secondary N) is 1. The lowest BCUT2D eigenvalue weighted by Crippen LogP contribution is -2.53. The molecule has 1 fully saturated rings. The number of rotatable bonds is 8. The maximum absolute atomic E-state index is 13.3. The highest BCUT2D eigenvalue weighted by Gasteiger charge is 2.34. The number of ether oxygens (including phenoxy) is 1. The topological polar surface area (TPSA) is 95.9 Å². The maximum atomic E-state index is 13.3. The summed E-state index contributed by atoms with van der Waals surface area (Å²) in [5.41, 5.74) is 4.60. The van der Waals surface area contributed by atoms with E-state index in [2.05, 4.69) is 29.6 Å². The first-order valence-electron chi connectivity index (χ1n) is 12.5. The van der Waals surface area contributed by atoms with Crippen LogP contribution in [-0.2, 0) is 14.3 Å². The van der Waals surface area contributed by atoms with Gasteiger partial charge in [0.15, 0.2) is 0 Å². The monoisotopic (exact) mass is 478 g/mol. The van der Waals surface area contributed by atoms with Crippen molar-refractivity contribution in [2.24, 2.45) is 11.8 Å². The molecule has 1 saturated heterocycles. The number of nitrogens with zero attached hydrogens (tertiary/aromatic N) is 1. The van der Waals surface area contributed by atoms with Crippen molar-refractivity contribution in [2.45, 2.75) is 51.5 Å². The molecule has 2 aromatic carbocycles. The predicted molar refractivity (Wildman–Crippen MR) is 133 cm³/mol. The largest absolute Gasteiger partial charge is 0.481 e. The Balaban J connectivity index is 1.38. The van der Waals surface area contributed by atoms with E-state index in [1.165, 1.54) is 0 Å². The molecule has 35 heavy (non-hydrogen) atoms. The summed E-state index contributed by atoms with van der Waals surface area (Å²) < 4.78 is 5.68. The van der Waals surface area contributed by atoms with Crippen LogP contribution in [0.25, 0.3) is 11.1 Å². The van der Waals surface area contributed by atoms with E-state index in [1.54, 1.807) is 4.90 Å². The fourth-order valence-corrected chi connectivity index (χ4v) is 5.25. The lowest BCUT2D eigenvalue weighted by atomic mass is 9.92. The van der Waals surface area contributed by atoms with Crippen molar-refractivity contribution < 1.29 is 24.2 Å². The van der Waals surface area contributed by atoms with Crippen molar-refractivity contribution in [3.8, 4) is 11.1 Å². The fraction of sp³-hybridized carbons (Fsp3) is 0.464. The van der Waals surface area contributed by atoms with Crippen molar-refractivity contribution >= 4 is 18.0 Å². The van der Waals surface area contributed by atoms with E-state index < -0.39 is 18.1 Å². The summed E-state index contributed by atoms with van der Waals surface area (Å²) in [6.45, 7) is 5.15. The highest BCUT2D eigenvalue weighted by Crippen LogP contribution is 2.44. The first-order chi connectivity index (χ1) is 16.9. The number of carbonyl (C=O) groups is 3. The molecule has 7 heteroatoms. The second-order valence-corrected chi connectivity index (χ2v) is 9.70. The minimum atomic E-state index is -0.802. The SMILES string of the molecule is CC[C@H](C)[C@H](NC(=O)OCC1c2ccccc2-c2ccccc21)C(=O)N1CCC(CC(=O)O)CC1. The Morgan fingerprint density at radius 1 is 1.03 bits per heavy atom. The van der Waals surface area contributed by atoms with Crippen molar-refractivity contribution in [2.75, 3.05) is 19.7 Å². The number of piperidine rings is 1. The van der Waals surface area contributed by atoms with Gasteiger partial charge in [-0.2, -0.15) is 0 Å². The highest BCUT2D eigenvalue weighted by atomic mass is 16.5. The third kappa shape index (κ3) is 5.50. The Morgan fingerprint density at radius 3 is 2.14 bits per heavy atom. The summed E-state index contributed by atoms with van der Waals surface area (Å²) in [7, 11) is 0. The molecule has 0 aromatic heterocycles. The minimum Gasteiger partial charge on any atom is -0.481 e. The summed E-state index contributed by atoms with van der Waals surface area (Å²) in [5.74, 6) is -0.932. The molecule has 2 atom stereocenters. The second kappa shape index (κ2) is 10.9. The smallest absolute Gasteiger partial charge is 0.407 e. The molecule has 186 valence electrons. The van der Waals surface area contributed by atoms with Gasteiger partial charge in [-0.1, -0.05) is 68.8 Å². The Kier molecular flexibility index (Phi) is 7.73. The van der Waals surface area contributed by atoms with Crippen molar-refractivity contribution in [3.05, 3.63) is 59.7 Å². The van der Waals surface area contributed by atoms with E-state index in [9.17, 15) is 14.4 Å². The van der Waals surface area contributed by atoms with Gasteiger partial charge in [-0.25, -0.2) is 4.79 Å². The van der Waals surface area contributed by atoms with Crippen LogP contribution in [0.1, 0.15) is 56.6 Å². The van der Waals surface area contributed by atoms with Crippen molar-refractivity contribution in [1.29, 1.82) is 0 Å². The van der Waals surface area contributed by atoms with Gasteiger partial charge in [0.25, 0.3) is 0 Å². The quantitative estimate of drug-likeness (QED) is 0.576. The molecule has 0 spiro atoms. The molecule has 2 N–H and O–H groups in total. The van der Waals surface area contributed by atoms with E-state index in [-0.39, 0.29) is 36.7 Å². The molecule has 2 amide bonds. The number of likely N-dealkylation sites (tertiary alicyclic amines) is 1. The van der Waals surface area contributed by atoms with Gasteiger partial charge in [-0.3, -0.25) is 9.59 Å². The van der Waals surface area contributed by atoms with E-state index >= 15 is 0 Å². The molecular weight excluding hydrogens is 444 g/mol. The van der Waals surface area contributed by atoms with Gasteiger partial charge >= 0.3 is 12.1 Å². The van der Waals surface area contributed by atoms with Gasteiger partial charge in [-0.15, -0.1) is 0 Å². The summed E-state index contributed by atoms with van der Waals surface area (Å²) in [6.07, 6.45) is 1.60. The van der Waals surface area contributed by atoms with Crippen LogP contribution in [0.4, 0.5) is 4.79 Å². The number of hydrogen-bond donors (Lipinski definition) is 2. The molecule has 2 aromatic rings. The molecule has 0 unspecified atom stereocenters. The van der Waals surface area contributed by atoms with E-state index in [0.29, 0.717) is 25.9 Å². The Labute approximate surface area is 206 Å². The first-order valence-corrected chi connectivity index (χ1v) is 12.5.